The van der Waals surface area contributed by atoms with Crippen LogP contribution in [-0.4, -0.2) is 51.0 Å². The molecule has 8 heteroatoms. The molecule has 0 atom stereocenters. The van der Waals surface area contributed by atoms with Crippen LogP contribution in [0.3, 0.4) is 0 Å². The molecule has 0 aromatic heterocycles. The molecule has 0 aromatic carbocycles. The van der Waals surface area contributed by atoms with E-state index in [0.717, 1.165) is 61.3 Å². The van der Waals surface area contributed by atoms with Crippen LogP contribution in [0.5, 0.6) is 0 Å². The topological polar surface area (TPSA) is 49.4 Å². The zero-order valence-electron chi connectivity index (χ0n) is 16.2. The van der Waals surface area contributed by atoms with Crippen molar-refractivity contribution < 1.29 is 57.8 Å². The van der Waals surface area contributed by atoms with Crippen LogP contribution in [-0.2, 0) is 33.0 Å². The van der Waals surface area contributed by atoms with Crippen molar-refractivity contribution >= 4 is 24.9 Å². The van der Waals surface area contributed by atoms with Gasteiger partial charge in [0, 0.05) is 89.7 Å². The molecule has 0 saturated carbocycles. The minimum atomic E-state index is 0. The van der Waals surface area contributed by atoms with E-state index in [1.165, 1.54) is 0 Å². The smallest absolute Gasteiger partial charge is 0.141 e. The minimum absolute atomic E-state index is 0. The monoisotopic (exact) mass is 528 g/mol. The molecule has 0 amide bonds. The molecule has 4 bridgehead atoms. The molecule has 3 rings (SSSR count). The Morgan fingerprint density at radius 1 is 0.800 bits per heavy atom. The maximum absolute atomic E-state index is 4.46. The van der Waals surface area contributed by atoms with Gasteiger partial charge in [-0.05, 0) is 19.1 Å². The fraction of sp³-hybridized carbons (Fsp3) is 0.273. The van der Waals surface area contributed by atoms with Gasteiger partial charge in [0.15, 0.2) is 0 Å². The van der Waals surface area contributed by atoms with E-state index in [1.807, 2.05) is 61.7 Å². The van der Waals surface area contributed by atoms with E-state index >= 15 is 0 Å². The van der Waals surface area contributed by atoms with Crippen LogP contribution in [0.1, 0.15) is 12.8 Å². The molecular formula is C22H22Cl2N4Ni2-2. The average Bonchev–Trinajstić information content (AvgIpc) is 2.66. The number of hydrogen-bond acceptors (Lipinski definition) is 4. The van der Waals surface area contributed by atoms with Gasteiger partial charge in [-0.2, -0.15) is 0 Å². The molecule has 0 fully saturated rings. The summed E-state index contributed by atoms with van der Waals surface area (Å²) in [6.45, 7) is 3.00. The molecule has 1 heterocycles. The van der Waals surface area contributed by atoms with Crippen LogP contribution in [0.25, 0.3) is 0 Å². The fourth-order valence-corrected chi connectivity index (χ4v) is 2.47. The Kier molecular flexibility index (Phi) is 18.7. The van der Waals surface area contributed by atoms with E-state index in [9.17, 15) is 0 Å². The van der Waals surface area contributed by atoms with Crippen molar-refractivity contribution in [2.45, 2.75) is 12.8 Å². The third kappa shape index (κ3) is 11.6. The van der Waals surface area contributed by atoms with Crippen molar-refractivity contribution in [3.8, 4) is 0 Å². The summed E-state index contributed by atoms with van der Waals surface area (Å²) >= 11 is 0. The summed E-state index contributed by atoms with van der Waals surface area (Å²) in [6.07, 6.45) is 24.6. The number of rotatable bonds is 0. The van der Waals surface area contributed by atoms with Crippen molar-refractivity contribution in [3.05, 3.63) is 70.9 Å². The van der Waals surface area contributed by atoms with E-state index in [2.05, 4.69) is 31.8 Å². The molecule has 0 N–H and O–H groups in total. The van der Waals surface area contributed by atoms with Crippen LogP contribution < -0.4 is 24.8 Å². The van der Waals surface area contributed by atoms with Crippen molar-refractivity contribution in [2.24, 2.45) is 20.0 Å². The van der Waals surface area contributed by atoms with Gasteiger partial charge in [-0.15, -0.1) is 18.6 Å². The van der Waals surface area contributed by atoms with Crippen molar-refractivity contribution in [1.29, 1.82) is 0 Å². The third-order valence-electron chi connectivity index (χ3n) is 3.75. The largest absolute Gasteiger partial charge is 1.00 e. The number of nitrogens with zero attached hydrogens (tertiary/aromatic N) is 4. The van der Waals surface area contributed by atoms with Gasteiger partial charge < -0.3 is 29.8 Å². The number of hydrogen-bond donors (Lipinski definition) is 0. The maximum atomic E-state index is 4.46. The summed E-state index contributed by atoms with van der Waals surface area (Å²) in [4.78, 5) is 17.8. The van der Waals surface area contributed by atoms with Gasteiger partial charge in [-0.25, -0.2) is 5.73 Å². The summed E-state index contributed by atoms with van der Waals surface area (Å²) < 4.78 is 0. The second kappa shape index (κ2) is 18.3. The molecule has 0 aromatic rings. The van der Waals surface area contributed by atoms with Gasteiger partial charge >= 0.3 is 0 Å². The average molecular weight is 531 g/mol. The van der Waals surface area contributed by atoms with Gasteiger partial charge in [-0.3, -0.25) is 15.0 Å². The van der Waals surface area contributed by atoms with E-state index in [4.69, 9.17) is 0 Å². The Balaban J connectivity index is 0. The van der Waals surface area contributed by atoms with Crippen LogP contribution >= 0.6 is 0 Å². The predicted molar refractivity (Wildman–Crippen MR) is 111 cm³/mol. The quantitative estimate of drug-likeness (QED) is 0.189. The molecule has 0 unspecified atom stereocenters. The molecule has 0 saturated heterocycles. The summed E-state index contributed by atoms with van der Waals surface area (Å²) in [6, 6.07) is 0. The first-order valence-electron chi connectivity index (χ1n) is 8.94. The fourth-order valence-electron chi connectivity index (χ4n) is 2.47. The van der Waals surface area contributed by atoms with Crippen LogP contribution in [0, 0.1) is 12.5 Å². The predicted octanol–water partition coefficient (Wildman–Crippen LogP) is -2.48. The molecule has 166 valence electrons. The van der Waals surface area contributed by atoms with E-state index < -0.39 is 0 Å². The summed E-state index contributed by atoms with van der Waals surface area (Å²) in [5.74, 6) is 0. The number of halogens is 2. The normalized spacial score (nSPS) is 17.6. The van der Waals surface area contributed by atoms with E-state index in [0.29, 0.717) is 0 Å². The van der Waals surface area contributed by atoms with E-state index in [1.54, 1.807) is 0 Å². The summed E-state index contributed by atoms with van der Waals surface area (Å²) in [5.41, 5.74) is 7.21. The molecule has 0 spiro atoms. The molecule has 3 aliphatic rings. The number of allylic oxidation sites excluding steroid dienone is 9. The Hall–Kier alpha value is -1.49. The van der Waals surface area contributed by atoms with Gasteiger partial charge in [0.05, 0.1) is 12.4 Å². The van der Waals surface area contributed by atoms with Crippen LogP contribution in [0.2, 0.25) is 0 Å². The Morgan fingerprint density at radius 2 is 1.43 bits per heavy atom. The van der Waals surface area contributed by atoms with E-state index in [-0.39, 0.29) is 57.8 Å². The zero-order valence-corrected chi connectivity index (χ0v) is 19.7. The summed E-state index contributed by atoms with van der Waals surface area (Å²) in [7, 11) is 0. The third-order valence-corrected chi connectivity index (χ3v) is 3.75. The molecule has 4 nitrogen and oxygen atoms in total. The maximum Gasteiger partial charge on any atom is 0.141 e. The SMILES string of the molecule is C1=C2C=C[CH-]C=1C=NCCCN=CC1=[C+]C(=CC=C1)C=NCCCN=C2.[Cl-].[Cl-].[Ni].[Ni]. The van der Waals surface area contributed by atoms with Crippen molar-refractivity contribution in [2.75, 3.05) is 26.2 Å². The van der Waals surface area contributed by atoms with Gasteiger partial charge in [0.25, 0.3) is 0 Å². The van der Waals surface area contributed by atoms with Crippen molar-refractivity contribution in [1.82, 2.24) is 0 Å². The molecule has 0 radical (unpaired) electrons. The Labute approximate surface area is 211 Å². The molecular weight excluding hydrogens is 509 g/mol. The summed E-state index contributed by atoms with van der Waals surface area (Å²) in [5, 5.41) is 0. The molecule has 2 aliphatic carbocycles. The van der Waals surface area contributed by atoms with Crippen LogP contribution in [0.4, 0.5) is 0 Å². The minimum Gasteiger partial charge on any atom is -1.00 e. The zero-order chi connectivity index (χ0) is 17.9. The number of fused-ring (bicyclic) bond motifs is 1. The number of aliphatic imine (C=N–C) groups is 4. The molecule has 1 aliphatic heterocycles. The van der Waals surface area contributed by atoms with Crippen molar-refractivity contribution in [3.63, 3.8) is 0 Å². The first-order chi connectivity index (χ1) is 12.9. The Bertz CT molecular complexity index is 828. The van der Waals surface area contributed by atoms with Gasteiger partial charge in [0.2, 0.25) is 0 Å². The van der Waals surface area contributed by atoms with Gasteiger partial charge in [-0.1, -0.05) is 11.1 Å². The van der Waals surface area contributed by atoms with Gasteiger partial charge in [0.1, 0.15) is 11.1 Å². The second-order valence-corrected chi connectivity index (χ2v) is 5.97. The second-order valence-electron chi connectivity index (χ2n) is 5.97. The van der Waals surface area contributed by atoms with Crippen LogP contribution in [0.15, 0.2) is 78.4 Å². The molecule has 30 heavy (non-hydrogen) atoms. The standard InChI is InChI=1S/C22H22N4.2ClH.2Ni/c1-5-19-13-20(6-1)16-24-10-4-12-26-18-22-8-2-7-21(14-22)17-25-11-3-9-23-15-19;;;;/h1-2,5-8,15-18H,3-4,9-12H2;2*1H;;/p-2. The first kappa shape index (κ1) is 30.7. The Morgan fingerprint density at radius 3 is 2.17 bits per heavy atom. The first-order valence-corrected chi connectivity index (χ1v) is 8.94.